The van der Waals surface area contributed by atoms with Crippen molar-refractivity contribution in [3.63, 3.8) is 0 Å². The number of nitrogens with one attached hydrogen (secondary N) is 1. The van der Waals surface area contributed by atoms with E-state index < -0.39 is 0 Å². The van der Waals surface area contributed by atoms with Gasteiger partial charge in [-0.05, 0) is 44.1 Å². The Morgan fingerprint density at radius 2 is 2.00 bits per heavy atom. The third-order valence-corrected chi connectivity index (χ3v) is 5.27. The lowest BCUT2D eigenvalue weighted by atomic mass is 9.83. The molecule has 0 bridgehead atoms. The molecule has 1 aliphatic carbocycles. The number of carbonyl (C=O) groups excluding carboxylic acids is 1. The SMILES string of the molecule is CC(=O)N[C@@H](C)CO[C@H]1C[C@H](COc2ccc3nc(OCCC(C)C)n(C)c3n2)C1. The maximum absolute atomic E-state index is 11.0. The molecule has 2 heterocycles. The van der Waals surface area contributed by atoms with Gasteiger partial charge < -0.3 is 19.5 Å². The summed E-state index contributed by atoms with van der Waals surface area (Å²) in [7, 11) is 1.91. The zero-order valence-electron chi connectivity index (χ0n) is 18.7. The van der Waals surface area contributed by atoms with Crippen molar-refractivity contribution in [3.8, 4) is 11.9 Å². The van der Waals surface area contributed by atoms with E-state index in [2.05, 4.69) is 29.1 Å². The van der Waals surface area contributed by atoms with Crippen LogP contribution in [0.1, 0.15) is 47.0 Å². The fourth-order valence-corrected chi connectivity index (χ4v) is 3.44. The number of aryl methyl sites for hydroxylation is 1. The molecule has 0 aliphatic heterocycles. The van der Waals surface area contributed by atoms with Crippen LogP contribution in [0.25, 0.3) is 11.2 Å². The number of rotatable bonds is 11. The maximum atomic E-state index is 11.0. The topological polar surface area (TPSA) is 87.5 Å². The van der Waals surface area contributed by atoms with Crippen LogP contribution < -0.4 is 14.8 Å². The second-order valence-electron chi connectivity index (χ2n) is 8.68. The first-order chi connectivity index (χ1) is 14.3. The van der Waals surface area contributed by atoms with Crippen LogP contribution >= 0.6 is 0 Å². The highest BCUT2D eigenvalue weighted by atomic mass is 16.5. The van der Waals surface area contributed by atoms with Gasteiger partial charge in [0.2, 0.25) is 11.8 Å². The summed E-state index contributed by atoms with van der Waals surface area (Å²) in [5.41, 5.74) is 1.56. The molecular weight excluding hydrogens is 384 g/mol. The molecule has 166 valence electrons. The molecule has 1 fully saturated rings. The molecule has 1 amide bonds. The number of hydrogen-bond donors (Lipinski definition) is 1. The van der Waals surface area contributed by atoms with E-state index in [1.165, 1.54) is 6.92 Å². The number of fused-ring (bicyclic) bond motifs is 1. The summed E-state index contributed by atoms with van der Waals surface area (Å²) in [6, 6.07) is 4.40. The highest BCUT2D eigenvalue weighted by molar-refractivity contribution is 5.73. The molecule has 0 spiro atoms. The van der Waals surface area contributed by atoms with Gasteiger partial charge in [-0.25, -0.2) is 0 Å². The highest BCUT2D eigenvalue weighted by Gasteiger charge is 2.31. The summed E-state index contributed by atoms with van der Waals surface area (Å²) >= 11 is 0. The Labute approximate surface area is 178 Å². The Hall–Kier alpha value is -2.35. The van der Waals surface area contributed by atoms with Crippen LogP contribution in [0.15, 0.2) is 12.1 Å². The highest BCUT2D eigenvalue weighted by Crippen LogP contribution is 2.31. The zero-order valence-corrected chi connectivity index (χ0v) is 18.7. The third kappa shape index (κ3) is 6.08. The van der Waals surface area contributed by atoms with Crippen molar-refractivity contribution < 1.29 is 19.0 Å². The van der Waals surface area contributed by atoms with Gasteiger partial charge in [0.25, 0.3) is 6.01 Å². The number of hydrogen-bond acceptors (Lipinski definition) is 6. The molecule has 8 heteroatoms. The van der Waals surface area contributed by atoms with E-state index >= 15 is 0 Å². The van der Waals surface area contributed by atoms with Crippen LogP contribution in [0, 0.1) is 11.8 Å². The maximum Gasteiger partial charge on any atom is 0.298 e. The number of pyridine rings is 1. The standard InChI is InChI=1S/C22H34N4O4/c1-14(2)8-9-28-22-24-19-6-7-20(25-21(19)26(22)5)30-13-17-10-18(11-17)29-12-15(3)23-16(4)27/h6-7,14-15,17-18H,8-13H2,1-5H3,(H,23,27)/t15-,17-,18-/m0/s1. The average molecular weight is 419 g/mol. The second-order valence-corrected chi connectivity index (χ2v) is 8.68. The number of aromatic nitrogens is 3. The van der Waals surface area contributed by atoms with Crippen molar-refractivity contribution in [2.75, 3.05) is 19.8 Å². The molecule has 2 aromatic rings. The molecule has 30 heavy (non-hydrogen) atoms. The van der Waals surface area contributed by atoms with Gasteiger partial charge in [0.1, 0.15) is 5.52 Å². The molecule has 0 aromatic carbocycles. The number of nitrogens with zero attached hydrogens (tertiary/aromatic N) is 3. The monoisotopic (exact) mass is 418 g/mol. The summed E-state index contributed by atoms with van der Waals surface area (Å²) in [4.78, 5) is 20.1. The minimum atomic E-state index is -0.0295. The minimum Gasteiger partial charge on any atom is -0.477 e. The van der Waals surface area contributed by atoms with Gasteiger partial charge in [-0.1, -0.05) is 13.8 Å². The largest absolute Gasteiger partial charge is 0.477 e. The number of ether oxygens (including phenoxy) is 3. The summed E-state index contributed by atoms with van der Waals surface area (Å²) in [5.74, 6) is 1.63. The van der Waals surface area contributed by atoms with Crippen LogP contribution in [-0.2, 0) is 16.6 Å². The first-order valence-corrected chi connectivity index (χ1v) is 10.8. The first-order valence-electron chi connectivity index (χ1n) is 10.8. The molecule has 8 nitrogen and oxygen atoms in total. The fraction of sp³-hybridized carbons (Fsp3) is 0.682. The van der Waals surface area contributed by atoms with Crippen molar-refractivity contribution in [1.82, 2.24) is 19.9 Å². The number of amides is 1. The van der Waals surface area contributed by atoms with Gasteiger partial charge in [0.15, 0.2) is 5.65 Å². The van der Waals surface area contributed by atoms with Crippen LogP contribution in [0.5, 0.6) is 11.9 Å². The van der Waals surface area contributed by atoms with Crippen molar-refractivity contribution in [3.05, 3.63) is 12.1 Å². The molecule has 1 atom stereocenters. The van der Waals surface area contributed by atoms with Crippen molar-refractivity contribution in [2.45, 2.75) is 59.1 Å². The van der Waals surface area contributed by atoms with Crippen molar-refractivity contribution in [1.29, 1.82) is 0 Å². The first kappa shape index (κ1) is 22.3. The summed E-state index contributed by atoms with van der Waals surface area (Å²) in [6.07, 6.45) is 3.17. The lowest BCUT2D eigenvalue weighted by Crippen LogP contribution is -2.40. The van der Waals surface area contributed by atoms with Crippen LogP contribution in [0.2, 0.25) is 0 Å². The van der Waals surface area contributed by atoms with Crippen LogP contribution in [0.3, 0.4) is 0 Å². The van der Waals surface area contributed by atoms with Gasteiger partial charge in [0, 0.05) is 26.1 Å². The quantitative estimate of drug-likeness (QED) is 0.603. The zero-order chi connectivity index (χ0) is 21.7. The average Bonchev–Trinajstić information content (AvgIpc) is 2.95. The molecule has 1 saturated carbocycles. The Balaban J connectivity index is 1.43. The van der Waals surface area contributed by atoms with E-state index in [9.17, 15) is 4.79 Å². The molecule has 0 radical (unpaired) electrons. The molecule has 3 rings (SSSR count). The molecule has 0 saturated heterocycles. The molecule has 1 N–H and O–H groups in total. The lowest BCUT2D eigenvalue weighted by Gasteiger charge is -2.35. The predicted molar refractivity (Wildman–Crippen MR) is 115 cm³/mol. The van der Waals surface area contributed by atoms with Crippen molar-refractivity contribution in [2.24, 2.45) is 18.9 Å². The molecular formula is C22H34N4O4. The van der Waals surface area contributed by atoms with Gasteiger partial charge in [0.05, 0.1) is 25.9 Å². The van der Waals surface area contributed by atoms with E-state index in [1.54, 1.807) is 0 Å². The van der Waals surface area contributed by atoms with Gasteiger partial charge in [-0.3, -0.25) is 9.36 Å². The van der Waals surface area contributed by atoms with E-state index in [0.29, 0.717) is 43.5 Å². The number of carbonyl (C=O) groups is 1. The summed E-state index contributed by atoms with van der Waals surface area (Å²) in [6.45, 7) is 9.62. The minimum absolute atomic E-state index is 0.0295. The van der Waals surface area contributed by atoms with Crippen LogP contribution in [-0.4, -0.2) is 52.4 Å². The second kappa shape index (κ2) is 10.1. The van der Waals surface area contributed by atoms with Gasteiger partial charge in [-0.2, -0.15) is 9.97 Å². The van der Waals surface area contributed by atoms with Gasteiger partial charge >= 0.3 is 0 Å². The molecule has 0 unspecified atom stereocenters. The van der Waals surface area contributed by atoms with E-state index in [0.717, 1.165) is 30.4 Å². The van der Waals surface area contributed by atoms with E-state index in [1.807, 2.05) is 30.7 Å². The Kier molecular flexibility index (Phi) is 7.53. The van der Waals surface area contributed by atoms with Crippen molar-refractivity contribution >= 4 is 17.1 Å². The Bertz CT molecular complexity index is 845. The fourth-order valence-electron chi connectivity index (χ4n) is 3.44. The predicted octanol–water partition coefficient (Wildman–Crippen LogP) is 3.09. The lowest BCUT2D eigenvalue weighted by molar-refractivity contribution is -0.120. The van der Waals surface area contributed by atoms with Gasteiger partial charge in [-0.15, -0.1) is 0 Å². The van der Waals surface area contributed by atoms with E-state index in [-0.39, 0.29) is 18.1 Å². The smallest absolute Gasteiger partial charge is 0.298 e. The molecule has 1 aliphatic rings. The third-order valence-electron chi connectivity index (χ3n) is 5.27. The Morgan fingerprint density at radius 1 is 1.23 bits per heavy atom. The van der Waals surface area contributed by atoms with E-state index in [4.69, 9.17) is 14.2 Å². The normalized spacial score (nSPS) is 19.5. The summed E-state index contributed by atoms with van der Waals surface area (Å²) in [5, 5.41) is 2.83. The number of imidazole rings is 1. The molecule has 2 aromatic heterocycles. The summed E-state index contributed by atoms with van der Waals surface area (Å²) < 4.78 is 19.4. The Morgan fingerprint density at radius 3 is 2.70 bits per heavy atom. The van der Waals surface area contributed by atoms with Crippen LogP contribution in [0.4, 0.5) is 0 Å².